The third-order valence-electron chi connectivity index (χ3n) is 7.85. The van der Waals surface area contributed by atoms with Crippen molar-refractivity contribution in [2.75, 3.05) is 39.4 Å². The van der Waals surface area contributed by atoms with Gasteiger partial charge in [0.1, 0.15) is 11.2 Å². The molecule has 180 valence electrons. The Hall–Kier alpha value is -2.32. The van der Waals surface area contributed by atoms with E-state index in [1.54, 1.807) is 6.26 Å². The standard InChI is InChI=1S/C25H36N4O4/c1-18-4-6-19(7-5-18)26-24(31)25(2)17-28-20-8-13-33-22(20)16-21(28)23(30)29(25)10-3-9-27-11-14-32-15-12-27/h8,13,16,18-19H,3-7,9-12,14-15,17H2,1-2H3,(H,26,31)/t18?,19?,25-/m0/s1. The van der Waals surface area contributed by atoms with E-state index in [0.29, 0.717) is 24.4 Å². The zero-order valence-corrected chi connectivity index (χ0v) is 19.8. The van der Waals surface area contributed by atoms with E-state index < -0.39 is 5.54 Å². The zero-order valence-electron chi connectivity index (χ0n) is 19.8. The Morgan fingerprint density at radius 3 is 2.70 bits per heavy atom. The van der Waals surface area contributed by atoms with Gasteiger partial charge in [0.15, 0.2) is 5.58 Å². The fraction of sp³-hybridized carbons (Fsp3) is 0.680. The fourth-order valence-electron chi connectivity index (χ4n) is 5.65. The highest BCUT2D eigenvalue weighted by molar-refractivity contribution is 6.02. The first kappa shape index (κ1) is 22.5. The number of nitrogens with zero attached hydrogens (tertiary/aromatic N) is 3. The number of nitrogens with one attached hydrogen (secondary N) is 1. The lowest BCUT2D eigenvalue weighted by molar-refractivity contribution is -0.133. The lowest BCUT2D eigenvalue weighted by Crippen LogP contribution is -2.65. The number of rotatable bonds is 6. The minimum Gasteiger partial charge on any atom is -0.463 e. The molecule has 2 aromatic rings. The van der Waals surface area contributed by atoms with Crippen molar-refractivity contribution in [1.82, 2.24) is 19.7 Å². The minimum absolute atomic E-state index is 0.0437. The van der Waals surface area contributed by atoms with Crippen molar-refractivity contribution in [3.05, 3.63) is 24.1 Å². The molecular formula is C25H36N4O4. The second-order valence-electron chi connectivity index (χ2n) is 10.3. The van der Waals surface area contributed by atoms with Gasteiger partial charge in [-0.15, -0.1) is 0 Å². The van der Waals surface area contributed by atoms with Crippen LogP contribution in [0.2, 0.25) is 0 Å². The molecule has 2 amide bonds. The molecule has 1 saturated heterocycles. The first-order chi connectivity index (χ1) is 16.0. The van der Waals surface area contributed by atoms with E-state index in [9.17, 15) is 9.59 Å². The van der Waals surface area contributed by atoms with Crippen molar-refractivity contribution >= 4 is 22.9 Å². The summed E-state index contributed by atoms with van der Waals surface area (Å²) in [5.41, 5.74) is 1.23. The second kappa shape index (κ2) is 9.14. The molecule has 0 radical (unpaired) electrons. The van der Waals surface area contributed by atoms with E-state index >= 15 is 0 Å². The van der Waals surface area contributed by atoms with E-state index in [2.05, 4.69) is 17.1 Å². The fourth-order valence-corrected chi connectivity index (χ4v) is 5.65. The Morgan fingerprint density at radius 1 is 1.18 bits per heavy atom. The third-order valence-corrected chi connectivity index (χ3v) is 7.85. The molecule has 0 aromatic carbocycles. The van der Waals surface area contributed by atoms with Gasteiger partial charge in [0.25, 0.3) is 5.91 Å². The Kier molecular flexibility index (Phi) is 6.22. The van der Waals surface area contributed by atoms with Gasteiger partial charge in [0.05, 0.1) is 31.5 Å². The SMILES string of the molecule is CC1CCC(NC(=O)[C@]2(C)Cn3c(cc4occc43)C(=O)N2CCCN2CCOCC2)CC1. The van der Waals surface area contributed by atoms with Gasteiger partial charge in [0.2, 0.25) is 5.91 Å². The number of carbonyl (C=O) groups excluding carboxylic acids is 2. The number of ether oxygens (including phenoxy) is 1. The van der Waals surface area contributed by atoms with Crippen LogP contribution in [-0.2, 0) is 16.1 Å². The predicted octanol–water partition coefficient (Wildman–Crippen LogP) is 2.87. The van der Waals surface area contributed by atoms with Crippen LogP contribution < -0.4 is 5.32 Å². The van der Waals surface area contributed by atoms with E-state index in [1.165, 1.54) is 0 Å². The number of hydrogen-bond donors (Lipinski definition) is 1. The molecule has 0 spiro atoms. The average molecular weight is 457 g/mol. The van der Waals surface area contributed by atoms with Crippen LogP contribution in [-0.4, -0.2) is 77.2 Å². The van der Waals surface area contributed by atoms with Gasteiger partial charge in [-0.2, -0.15) is 0 Å². The Bertz CT molecular complexity index is 999. The van der Waals surface area contributed by atoms with Crippen LogP contribution in [0.5, 0.6) is 0 Å². The number of hydrogen-bond acceptors (Lipinski definition) is 5. The molecule has 0 unspecified atom stereocenters. The highest BCUT2D eigenvalue weighted by atomic mass is 16.5. The van der Waals surface area contributed by atoms with Crippen LogP contribution in [0.25, 0.3) is 11.1 Å². The average Bonchev–Trinajstić information content (AvgIpc) is 3.41. The van der Waals surface area contributed by atoms with Crippen molar-refractivity contribution in [2.24, 2.45) is 5.92 Å². The van der Waals surface area contributed by atoms with E-state index in [1.807, 2.05) is 28.5 Å². The summed E-state index contributed by atoms with van der Waals surface area (Å²) in [6, 6.07) is 3.88. The van der Waals surface area contributed by atoms with Crippen LogP contribution >= 0.6 is 0 Å². The van der Waals surface area contributed by atoms with Crippen LogP contribution in [0, 0.1) is 5.92 Å². The van der Waals surface area contributed by atoms with Gasteiger partial charge in [0, 0.05) is 44.4 Å². The molecule has 5 rings (SSSR count). The summed E-state index contributed by atoms with van der Waals surface area (Å²) < 4.78 is 13.0. The molecule has 1 saturated carbocycles. The molecule has 2 aliphatic heterocycles. The predicted molar refractivity (Wildman–Crippen MR) is 125 cm³/mol. The lowest BCUT2D eigenvalue weighted by atomic mass is 9.86. The van der Waals surface area contributed by atoms with Crippen LogP contribution in [0.15, 0.2) is 22.8 Å². The highest BCUT2D eigenvalue weighted by Gasteiger charge is 2.48. The molecule has 1 atom stereocenters. The van der Waals surface area contributed by atoms with Crippen molar-refractivity contribution in [1.29, 1.82) is 0 Å². The van der Waals surface area contributed by atoms with Crippen molar-refractivity contribution in [2.45, 2.75) is 64.1 Å². The number of carbonyl (C=O) groups is 2. The molecule has 2 fully saturated rings. The normalized spacial score (nSPS) is 28.8. The van der Waals surface area contributed by atoms with E-state index in [0.717, 1.165) is 76.4 Å². The monoisotopic (exact) mass is 456 g/mol. The summed E-state index contributed by atoms with van der Waals surface area (Å²) in [4.78, 5) is 31.6. The molecule has 33 heavy (non-hydrogen) atoms. The van der Waals surface area contributed by atoms with Crippen LogP contribution in [0.3, 0.4) is 0 Å². The van der Waals surface area contributed by atoms with Gasteiger partial charge in [-0.05, 0) is 44.9 Å². The smallest absolute Gasteiger partial charge is 0.271 e. The lowest BCUT2D eigenvalue weighted by Gasteiger charge is -2.45. The summed E-state index contributed by atoms with van der Waals surface area (Å²) in [6.07, 6.45) is 6.76. The highest BCUT2D eigenvalue weighted by Crippen LogP contribution is 2.33. The van der Waals surface area contributed by atoms with Crippen LogP contribution in [0.4, 0.5) is 0 Å². The van der Waals surface area contributed by atoms with Gasteiger partial charge in [-0.3, -0.25) is 14.5 Å². The maximum absolute atomic E-state index is 13.7. The largest absolute Gasteiger partial charge is 0.463 e. The van der Waals surface area contributed by atoms with Crippen molar-refractivity contribution < 1.29 is 18.7 Å². The Labute approximate surface area is 195 Å². The first-order valence-corrected chi connectivity index (χ1v) is 12.5. The van der Waals surface area contributed by atoms with Gasteiger partial charge in [-0.1, -0.05) is 6.92 Å². The molecule has 2 aromatic heterocycles. The van der Waals surface area contributed by atoms with E-state index in [4.69, 9.17) is 9.15 Å². The van der Waals surface area contributed by atoms with Crippen molar-refractivity contribution in [3.8, 4) is 0 Å². The molecule has 8 heteroatoms. The summed E-state index contributed by atoms with van der Waals surface area (Å²) in [6.45, 7) is 9.45. The van der Waals surface area contributed by atoms with Crippen molar-refractivity contribution in [3.63, 3.8) is 0 Å². The number of amides is 2. The molecule has 1 aliphatic carbocycles. The second-order valence-corrected chi connectivity index (χ2v) is 10.3. The molecule has 4 heterocycles. The minimum atomic E-state index is -0.943. The number of morpholine rings is 1. The van der Waals surface area contributed by atoms with Crippen LogP contribution in [0.1, 0.15) is 56.4 Å². The number of aromatic nitrogens is 1. The molecule has 1 N–H and O–H groups in total. The summed E-state index contributed by atoms with van der Waals surface area (Å²) in [5.74, 6) is 0.584. The first-order valence-electron chi connectivity index (χ1n) is 12.5. The maximum Gasteiger partial charge on any atom is 0.271 e. The summed E-state index contributed by atoms with van der Waals surface area (Å²) in [5, 5.41) is 3.31. The van der Waals surface area contributed by atoms with Gasteiger partial charge in [-0.25, -0.2) is 0 Å². The summed E-state index contributed by atoms with van der Waals surface area (Å²) >= 11 is 0. The molecule has 3 aliphatic rings. The molecular weight excluding hydrogens is 420 g/mol. The quantitative estimate of drug-likeness (QED) is 0.723. The number of furan rings is 1. The topological polar surface area (TPSA) is 80.0 Å². The van der Waals surface area contributed by atoms with E-state index in [-0.39, 0.29) is 17.9 Å². The maximum atomic E-state index is 13.7. The Morgan fingerprint density at radius 2 is 1.94 bits per heavy atom. The zero-order chi connectivity index (χ0) is 23.0. The van der Waals surface area contributed by atoms with Gasteiger partial charge >= 0.3 is 0 Å². The Balaban J connectivity index is 1.37. The molecule has 0 bridgehead atoms. The summed E-state index contributed by atoms with van der Waals surface area (Å²) in [7, 11) is 0. The van der Waals surface area contributed by atoms with Gasteiger partial charge < -0.3 is 23.9 Å². The molecule has 8 nitrogen and oxygen atoms in total. The number of fused-ring (bicyclic) bond motifs is 3. The third kappa shape index (κ3) is 4.30.